The standard InChI is InChI=1S/C42H45F12N9O7/c1-39(2,41(49,50)51)31(59-38(69)70-25-9-10-25)33(65)57-29(11-20-5-7-21(8-6-20)23-14-55-62(16-23)35(45)46)30(64)19-61(60-34(66)32(58-37(67)68)40(3,4)42(52,53)54)18-26-27(43)12-22(13-28(26)44)24-15-56-63(17-24)36(47)48/h5-8,12-17,25,29-32,35-36,58,64H,9-11,18-19H2,1-4H3,(H,57,65)(H,59,69)(H,60,66)(H,67,68)/t29-,30-,31?,32?/m0/s1. The fraction of sp³-hybridized carbons (Fsp3) is 0.476. The van der Waals surface area contributed by atoms with Crippen LogP contribution in [-0.4, -0.2) is 108 Å². The Morgan fingerprint density at radius 2 is 1.23 bits per heavy atom. The maximum Gasteiger partial charge on any atom is 0.408 e. The molecule has 70 heavy (non-hydrogen) atoms. The van der Waals surface area contributed by atoms with Gasteiger partial charge in [0.25, 0.3) is 5.91 Å². The van der Waals surface area contributed by atoms with Gasteiger partial charge < -0.3 is 30.9 Å². The second-order valence-corrected chi connectivity index (χ2v) is 17.3. The van der Waals surface area contributed by atoms with Gasteiger partial charge in [0, 0.05) is 42.2 Å². The van der Waals surface area contributed by atoms with Crippen molar-refractivity contribution in [2.24, 2.45) is 10.8 Å². The van der Waals surface area contributed by atoms with Crippen LogP contribution in [0.3, 0.4) is 0 Å². The van der Waals surface area contributed by atoms with E-state index in [1.165, 1.54) is 29.6 Å². The van der Waals surface area contributed by atoms with E-state index in [2.05, 4.69) is 15.5 Å². The number of rotatable bonds is 20. The van der Waals surface area contributed by atoms with E-state index in [0.29, 0.717) is 67.9 Å². The molecule has 4 atom stereocenters. The van der Waals surface area contributed by atoms with E-state index in [1.54, 1.807) is 0 Å². The average molecular weight is 1020 g/mol. The van der Waals surface area contributed by atoms with E-state index >= 15 is 8.78 Å². The molecule has 28 heteroatoms. The number of hydrogen-bond donors (Lipinski definition) is 6. The summed E-state index contributed by atoms with van der Waals surface area (Å²) in [5, 5.41) is 34.2. The first-order valence-electron chi connectivity index (χ1n) is 20.8. The largest absolute Gasteiger partial charge is 0.465 e. The lowest BCUT2D eigenvalue weighted by Crippen LogP contribution is -2.63. The Labute approximate surface area is 389 Å². The minimum Gasteiger partial charge on any atom is -0.465 e. The lowest BCUT2D eigenvalue weighted by atomic mass is 9.82. The maximum atomic E-state index is 15.9. The van der Waals surface area contributed by atoms with Gasteiger partial charge >= 0.3 is 37.6 Å². The Bertz CT molecular complexity index is 2470. The molecule has 6 N–H and O–H groups in total. The average Bonchev–Trinajstić information content (AvgIpc) is 3.67. The number of hydrazine groups is 1. The minimum atomic E-state index is -5.30. The first-order chi connectivity index (χ1) is 32.4. The Kier molecular flexibility index (Phi) is 16.5. The molecule has 4 amide bonds. The van der Waals surface area contributed by atoms with E-state index in [0.717, 1.165) is 24.8 Å². The van der Waals surface area contributed by atoms with Crippen molar-refractivity contribution in [1.82, 2.24) is 45.9 Å². The molecule has 5 rings (SSSR count). The number of alkyl carbamates (subject to hydrolysis) is 1. The molecule has 2 aromatic carbocycles. The van der Waals surface area contributed by atoms with Crippen molar-refractivity contribution in [3.8, 4) is 22.3 Å². The normalized spacial score (nSPS) is 15.4. The molecule has 2 heterocycles. The third-order valence-corrected chi connectivity index (χ3v) is 11.4. The van der Waals surface area contributed by atoms with Gasteiger partial charge in [0.15, 0.2) is 0 Å². The number of aliphatic hydroxyl groups is 1. The molecule has 0 aliphatic heterocycles. The molecule has 0 bridgehead atoms. The third kappa shape index (κ3) is 13.2. The number of nitrogens with zero attached hydrogens (tertiary/aromatic N) is 5. The smallest absolute Gasteiger partial charge is 0.408 e. The van der Waals surface area contributed by atoms with Crippen LogP contribution in [-0.2, 0) is 27.3 Å². The van der Waals surface area contributed by atoms with Gasteiger partial charge in [-0.15, -0.1) is 0 Å². The number of aromatic nitrogens is 4. The number of nitrogens with one attached hydrogen (secondary N) is 4. The summed E-state index contributed by atoms with van der Waals surface area (Å²) in [6.07, 6.45) is -13.0. The van der Waals surface area contributed by atoms with Gasteiger partial charge in [-0.1, -0.05) is 24.3 Å². The highest BCUT2D eigenvalue weighted by Crippen LogP contribution is 2.42. The van der Waals surface area contributed by atoms with Crippen LogP contribution in [0.1, 0.15) is 64.8 Å². The molecule has 1 fully saturated rings. The minimum absolute atomic E-state index is 0.151. The first kappa shape index (κ1) is 54.4. The van der Waals surface area contributed by atoms with Gasteiger partial charge in [-0.25, -0.2) is 32.7 Å². The van der Waals surface area contributed by atoms with Gasteiger partial charge in [-0.3, -0.25) is 15.0 Å². The van der Waals surface area contributed by atoms with Crippen LogP contribution in [0.25, 0.3) is 22.3 Å². The van der Waals surface area contributed by atoms with Crippen LogP contribution in [0.4, 0.5) is 62.3 Å². The summed E-state index contributed by atoms with van der Waals surface area (Å²) in [5.41, 5.74) is -5.28. The van der Waals surface area contributed by atoms with Gasteiger partial charge in [-0.2, -0.15) is 54.1 Å². The van der Waals surface area contributed by atoms with Crippen molar-refractivity contribution >= 4 is 24.0 Å². The summed E-state index contributed by atoms with van der Waals surface area (Å²) in [6.45, 7) is -6.54. The van der Waals surface area contributed by atoms with Crippen molar-refractivity contribution in [1.29, 1.82) is 0 Å². The third-order valence-electron chi connectivity index (χ3n) is 11.4. The number of carbonyl (C=O) groups is 4. The number of halogens is 12. The maximum absolute atomic E-state index is 15.9. The highest BCUT2D eigenvalue weighted by Gasteiger charge is 2.57. The van der Waals surface area contributed by atoms with Crippen molar-refractivity contribution < 1.29 is 86.8 Å². The first-order valence-corrected chi connectivity index (χ1v) is 20.8. The van der Waals surface area contributed by atoms with E-state index < -0.39 is 127 Å². The van der Waals surface area contributed by atoms with Crippen LogP contribution in [0, 0.1) is 22.5 Å². The van der Waals surface area contributed by atoms with Gasteiger partial charge in [-0.05, 0) is 75.8 Å². The number of amides is 4. The van der Waals surface area contributed by atoms with Gasteiger partial charge in [0.2, 0.25) is 5.91 Å². The van der Waals surface area contributed by atoms with E-state index in [1.807, 2.05) is 10.7 Å². The summed E-state index contributed by atoms with van der Waals surface area (Å²) < 4.78 is 177. The van der Waals surface area contributed by atoms with E-state index in [9.17, 15) is 73.3 Å². The topological polar surface area (TPSA) is 205 Å². The van der Waals surface area contributed by atoms with Gasteiger partial charge in [0.1, 0.15) is 29.8 Å². The molecule has 16 nitrogen and oxygen atoms in total. The molecule has 0 radical (unpaired) electrons. The van der Waals surface area contributed by atoms with E-state index in [4.69, 9.17) is 4.74 Å². The highest BCUT2D eigenvalue weighted by atomic mass is 19.4. The van der Waals surface area contributed by atoms with Crippen LogP contribution in [0.15, 0.2) is 61.2 Å². The SMILES string of the molecule is CC(C)(C(NC(=O)O)C(=O)NN(Cc1c(F)cc(-c2cnn(C(F)F)c2)cc1F)C[C@H](O)[C@H](Cc1ccc(-c2cnn(C(F)F)c2)cc1)NC(=O)C(NC(=O)OC1CC1)C(C)(C)C(F)(F)F)C(F)(F)F. The highest BCUT2D eigenvalue weighted by molar-refractivity contribution is 5.87. The lowest BCUT2D eigenvalue weighted by Gasteiger charge is -2.38. The summed E-state index contributed by atoms with van der Waals surface area (Å²) in [4.78, 5) is 52.2. The van der Waals surface area contributed by atoms with Crippen molar-refractivity contribution in [2.45, 2.75) is 109 Å². The van der Waals surface area contributed by atoms with Gasteiger partial charge in [0.05, 0.1) is 35.4 Å². The summed E-state index contributed by atoms with van der Waals surface area (Å²) in [6, 6.07) is -0.385. The Morgan fingerprint density at radius 1 is 0.743 bits per heavy atom. The number of benzene rings is 2. The second-order valence-electron chi connectivity index (χ2n) is 17.3. The second kappa shape index (κ2) is 21.2. The van der Waals surface area contributed by atoms with Crippen LogP contribution in [0.2, 0.25) is 0 Å². The fourth-order valence-electron chi connectivity index (χ4n) is 6.75. The fourth-order valence-corrected chi connectivity index (χ4v) is 6.75. The number of ether oxygens (including phenoxy) is 1. The van der Waals surface area contributed by atoms with Crippen molar-refractivity contribution in [3.05, 3.63) is 83.9 Å². The van der Waals surface area contributed by atoms with Crippen LogP contribution >= 0.6 is 0 Å². The Balaban J connectivity index is 1.56. The molecule has 4 aromatic rings. The molecular weight excluding hydrogens is 970 g/mol. The van der Waals surface area contributed by atoms with Crippen LogP contribution in [0.5, 0.6) is 0 Å². The number of alkyl halides is 10. The Hall–Kier alpha value is -6.58. The van der Waals surface area contributed by atoms with Crippen molar-refractivity contribution in [3.63, 3.8) is 0 Å². The lowest BCUT2D eigenvalue weighted by molar-refractivity contribution is -0.221. The molecule has 384 valence electrons. The number of aliphatic hydroxyl groups excluding tert-OH is 1. The van der Waals surface area contributed by atoms with E-state index in [-0.39, 0.29) is 26.9 Å². The van der Waals surface area contributed by atoms with Crippen LogP contribution < -0.4 is 21.4 Å². The molecular formula is C42H45F12N9O7. The van der Waals surface area contributed by atoms with Crippen molar-refractivity contribution in [2.75, 3.05) is 6.54 Å². The zero-order valence-corrected chi connectivity index (χ0v) is 37.1. The molecule has 2 aromatic heterocycles. The summed E-state index contributed by atoms with van der Waals surface area (Å²) in [7, 11) is 0. The predicted octanol–water partition coefficient (Wildman–Crippen LogP) is 7.47. The Morgan fingerprint density at radius 3 is 1.67 bits per heavy atom. The number of carbonyl (C=O) groups excluding carboxylic acids is 3. The molecule has 1 aliphatic rings. The molecule has 0 saturated heterocycles. The monoisotopic (exact) mass is 1020 g/mol. The zero-order valence-electron chi connectivity index (χ0n) is 37.1. The number of carboxylic acid groups (broad SMARTS) is 1. The predicted molar refractivity (Wildman–Crippen MR) is 219 cm³/mol. The summed E-state index contributed by atoms with van der Waals surface area (Å²) >= 11 is 0. The molecule has 1 aliphatic carbocycles. The molecule has 1 saturated carbocycles. The molecule has 0 spiro atoms. The number of hydrogen-bond acceptors (Lipinski definition) is 9. The summed E-state index contributed by atoms with van der Waals surface area (Å²) in [5.74, 6) is -6.33. The molecule has 2 unspecified atom stereocenters. The quantitative estimate of drug-likeness (QED) is 0.0381. The zero-order chi connectivity index (χ0) is 52.3.